The molecule has 1 aromatic carbocycles. The number of pyridine rings is 1. The van der Waals surface area contributed by atoms with E-state index in [0.29, 0.717) is 17.2 Å². The Bertz CT molecular complexity index is 1200. The first-order valence-corrected chi connectivity index (χ1v) is 12.5. The molecule has 1 saturated carbocycles. The minimum absolute atomic E-state index is 0.263. The number of hydrogen-bond donors (Lipinski definition) is 3. The van der Waals surface area contributed by atoms with Crippen molar-refractivity contribution in [1.82, 2.24) is 14.9 Å². The number of hydrogen-bond acceptors (Lipinski definition) is 4. The third kappa shape index (κ3) is 5.43. The molecule has 192 valence electrons. The van der Waals surface area contributed by atoms with Crippen molar-refractivity contribution in [2.45, 2.75) is 44.8 Å². The van der Waals surface area contributed by atoms with E-state index in [9.17, 15) is 18.0 Å². The maximum Gasteiger partial charge on any atom is 0.416 e. The molecule has 5 rings (SSSR count). The van der Waals surface area contributed by atoms with Gasteiger partial charge in [-0.2, -0.15) is 13.2 Å². The van der Waals surface area contributed by atoms with Crippen molar-refractivity contribution in [3.8, 4) is 0 Å². The van der Waals surface area contributed by atoms with Crippen LogP contribution < -0.4 is 15.5 Å². The van der Waals surface area contributed by atoms with E-state index < -0.39 is 17.8 Å². The number of aromatic amines is 1. The summed E-state index contributed by atoms with van der Waals surface area (Å²) in [4.78, 5) is 25.3. The van der Waals surface area contributed by atoms with Gasteiger partial charge in [-0.1, -0.05) is 19.8 Å². The number of alkyl halides is 3. The van der Waals surface area contributed by atoms with Gasteiger partial charge in [0.05, 0.1) is 16.8 Å². The third-order valence-electron chi connectivity index (χ3n) is 7.29. The van der Waals surface area contributed by atoms with E-state index in [1.807, 2.05) is 12.1 Å². The number of anilines is 3. The van der Waals surface area contributed by atoms with Crippen molar-refractivity contribution in [3.05, 3.63) is 48.2 Å². The number of carbonyl (C=O) groups is 1. The van der Waals surface area contributed by atoms with Gasteiger partial charge in [-0.05, 0) is 55.2 Å². The van der Waals surface area contributed by atoms with Crippen molar-refractivity contribution in [1.29, 1.82) is 0 Å². The number of halogens is 3. The van der Waals surface area contributed by atoms with E-state index >= 15 is 0 Å². The first-order valence-electron chi connectivity index (χ1n) is 12.5. The van der Waals surface area contributed by atoms with E-state index in [1.165, 1.54) is 37.8 Å². The van der Waals surface area contributed by atoms with Crippen molar-refractivity contribution in [2.75, 3.05) is 41.7 Å². The largest absolute Gasteiger partial charge is 0.416 e. The SMILES string of the molecule is C[C@H]1CCCC(N2CCN(c3ccc4[nH]cc(NC(=O)Nc5ccc(C(F)(F)F)cc5)c4n3)CC2)C1. The molecule has 1 unspecified atom stereocenters. The molecule has 2 aromatic heterocycles. The summed E-state index contributed by atoms with van der Waals surface area (Å²) in [5, 5.41) is 5.32. The molecule has 0 radical (unpaired) electrons. The monoisotopic (exact) mass is 500 g/mol. The van der Waals surface area contributed by atoms with E-state index in [-0.39, 0.29) is 5.69 Å². The lowest BCUT2D eigenvalue weighted by Gasteiger charge is -2.42. The van der Waals surface area contributed by atoms with Gasteiger partial charge in [0.25, 0.3) is 0 Å². The zero-order valence-corrected chi connectivity index (χ0v) is 20.2. The number of aromatic nitrogens is 2. The van der Waals surface area contributed by atoms with Gasteiger partial charge >= 0.3 is 12.2 Å². The molecule has 2 fully saturated rings. The number of nitrogens with zero attached hydrogens (tertiary/aromatic N) is 3. The zero-order chi connectivity index (χ0) is 25.3. The van der Waals surface area contributed by atoms with Crippen LogP contribution in [-0.2, 0) is 6.18 Å². The Labute approximate surface area is 208 Å². The van der Waals surface area contributed by atoms with E-state index in [2.05, 4.69) is 32.3 Å². The Morgan fingerprint density at radius 2 is 1.78 bits per heavy atom. The molecule has 36 heavy (non-hydrogen) atoms. The zero-order valence-electron chi connectivity index (χ0n) is 20.2. The Hall–Kier alpha value is -3.27. The second kappa shape index (κ2) is 10.0. The van der Waals surface area contributed by atoms with Crippen LogP contribution in [0.25, 0.3) is 11.0 Å². The van der Waals surface area contributed by atoms with Crippen LogP contribution in [0.5, 0.6) is 0 Å². The van der Waals surface area contributed by atoms with Crippen LogP contribution in [0.15, 0.2) is 42.6 Å². The maximum atomic E-state index is 12.8. The molecular weight excluding hydrogens is 469 g/mol. The molecule has 1 aliphatic carbocycles. The van der Waals surface area contributed by atoms with Gasteiger partial charge in [0.2, 0.25) is 0 Å². The van der Waals surface area contributed by atoms with Crippen molar-refractivity contribution < 1.29 is 18.0 Å². The number of H-pyrrole nitrogens is 1. The average Bonchev–Trinajstić information content (AvgIpc) is 3.25. The van der Waals surface area contributed by atoms with Crippen LogP contribution in [0.4, 0.5) is 35.2 Å². The summed E-state index contributed by atoms with van der Waals surface area (Å²) < 4.78 is 38.3. The molecule has 0 bridgehead atoms. The van der Waals surface area contributed by atoms with Crippen molar-refractivity contribution in [3.63, 3.8) is 0 Å². The van der Waals surface area contributed by atoms with Crippen molar-refractivity contribution in [2.24, 2.45) is 5.92 Å². The van der Waals surface area contributed by atoms with Crippen LogP contribution in [0.3, 0.4) is 0 Å². The lowest BCUT2D eigenvalue weighted by atomic mass is 9.86. The summed E-state index contributed by atoms with van der Waals surface area (Å²) in [6.07, 6.45) is 2.49. The van der Waals surface area contributed by atoms with Gasteiger partial charge in [-0.25, -0.2) is 9.78 Å². The molecule has 3 N–H and O–H groups in total. The lowest BCUT2D eigenvalue weighted by Crippen LogP contribution is -2.51. The quantitative estimate of drug-likeness (QED) is 0.415. The fraction of sp³-hybridized carbons (Fsp3) is 0.462. The van der Waals surface area contributed by atoms with Crippen LogP contribution in [0.1, 0.15) is 38.2 Å². The van der Waals surface area contributed by atoms with Crippen LogP contribution >= 0.6 is 0 Å². The van der Waals surface area contributed by atoms with Gasteiger partial charge < -0.3 is 20.5 Å². The summed E-state index contributed by atoms with van der Waals surface area (Å²) in [6.45, 7) is 6.21. The van der Waals surface area contributed by atoms with E-state index in [1.54, 1.807) is 6.20 Å². The first kappa shape index (κ1) is 24.4. The first-order chi connectivity index (χ1) is 17.3. The third-order valence-corrected chi connectivity index (χ3v) is 7.29. The fourth-order valence-electron chi connectivity index (χ4n) is 5.34. The fourth-order valence-corrected chi connectivity index (χ4v) is 5.34. The summed E-state index contributed by atoms with van der Waals surface area (Å²) in [6, 6.07) is 8.39. The topological polar surface area (TPSA) is 76.3 Å². The van der Waals surface area contributed by atoms with Gasteiger partial charge in [-0.15, -0.1) is 0 Å². The highest BCUT2D eigenvalue weighted by atomic mass is 19.4. The van der Waals surface area contributed by atoms with Gasteiger partial charge in [0.1, 0.15) is 11.3 Å². The number of carbonyl (C=O) groups excluding carboxylic acids is 1. The molecule has 3 heterocycles. The Morgan fingerprint density at radius 1 is 1.03 bits per heavy atom. The highest BCUT2D eigenvalue weighted by molar-refractivity contribution is 6.05. The Balaban J connectivity index is 1.22. The molecule has 10 heteroatoms. The summed E-state index contributed by atoms with van der Waals surface area (Å²) in [7, 11) is 0. The highest BCUT2D eigenvalue weighted by Crippen LogP contribution is 2.31. The van der Waals surface area contributed by atoms with Crippen LogP contribution in [-0.4, -0.2) is 53.1 Å². The van der Waals surface area contributed by atoms with Gasteiger partial charge in [0, 0.05) is 44.1 Å². The average molecular weight is 501 g/mol. The van der Waals surface area contributed by atoms with E-state index in [0.717, 1.165) is 55.6 Å². The van der Waals surface area contributed by atoms with Crippen LogP contribution in [0.2, 0.25) is 0 Å². The lowest BCUT2D eigenvalue weighted by molar-refractivity contribution is -0.137. The van der Waals surface area contributed by atoms with Crippen LogP contribution in [0, 0.1) is 5.92 Å². The molecule has 2 atom stereocenters. The number of rotatable bonds is 4. The number of benzene rings is 1. The predicted octanol–water partition coefficient (Wildman–Crippen LogP) is 5.93. The number of urea groups is 1. The highest BCUT2D eigenvalue weighted by Gasteiger charge is 2.30. The molecule has 0 spiro atoms. The summed E-state index contributed by atoms with van der Waals surface area (Å²) >= 11 is 0. The van der Waals surface area contributed by atoms with Gasteiger partial charge in [0.15, 0.2) is 0 Å². The second-order valence-electron chi connectivity index (χ2n) is 9.87. The minimum Gasteiger partial charge on any atom is -0.358 e. The second-order valence-corrected chi connectivity index (χ2v) is 9.87. The molecule has 1 saturated heterocycles. The molecular formula is C26H31F3N6O. The van der Waals surface area contributed by atoms with Gasteiger partial charge in [-0.3, -0.25) is 4.90 Å². The molecule has 7 nitrogen and oxygen atoms in total. The number of nitrogens with one attached hydrogen (secondary N) is 3. The summed E-state index contributed by atoms with van der Waals surface area (Å²) in [5.41, 5.74) is 1.43. The molecule has 2 amide bonds. The maximum absolute atomic E-state index is 12.8. The summed E-state index contributed by atoms with van der Waals surface area (Å²) in [5.74, 6) is 1.67. The number of fused-ring (bicyclic) bond motifs is 1. The predicted molar refractivity (Wildman–Crippen MR) is 135 cm³/mol. The minimum atomic E-state index is -4.42. The Morgan fingerprint density at radius 3 is 2.47 bits per heavy atom. The Kier molecular flexibility index (Phi) is 6.79. The standard InChI is InChI=1S/C26H31F3N6O/c1-17-3-2-4-20(15-17)34-11-13-35(14-12-34)23-10-9-21-24(33-23)22(16-30-21)32-25(36)31-19-7-5-18(6-8-19)26(27,28)29/h5-10,16-17,20,30H,2-4,11-15H2,1H3,(H2,31,32,36)/t17-,20?/m0/s1. The molecule has 1 aliphatic heterocycles. The van der Waals surface area contributed by atoms with Crippen molar-refractivity contribution >= 4 is 34.3 Å². The molecule has 3 aromatic rings. The number of piperazine rings is 1. The number of amides is 2. The van der Waals surface area contributed by atoms with E-state index in [4.69, 9.17) is 4.98 Å². The smallest absolute Gasteiger partial charge is 0.358 e. The normalized spacial score (nSPS) is 21.5. The molecule has 2 aliphatic rings.